The highest BCUT2D eigenvalue weighted by molar-refractivity contribution is 8.16. The van der Waals surface area contributed by atoms with Crippen molar-refractivity contribution in [2.45, 2.75) is 13.1 Å². The van der Waals surface area contributed by atoms with Gasteiger partial charge in [-0.15, -0.1) is 0 Å². The Hall–Kier alpha value is -3.67. The fourth-order valence-electron chi connectivity index (χ4n) is 2.81. The summed E-state index contributed by atoms with van der Waals surface area (Å²) in [6.07, 6.45) is 1.87. The summed E-state index contributed by atoms with van der Waals surface area (Å²) in [5, 5.41) is 8.86. The van der Waals surface area contributed by atoms with Crippen LogP contribution < -0.4 is 21.7 Å². The van der Waals surface area contributed by atoms with E-state index < -0.39 is 18.8 Å². The molecule has 34 heavy (non-hydrogen) atoms. The largest absolute Gasteiger partial charge is 0.405 e. The van der Waals surface area contributed by atoms with Crippen LogP contribution in [0.2, 0.25) is 0 Å². The molecule has 1 aromatic rings. The molecule has 1 heterocycles. The number of rotatable bonds is 7. The summed E-state index contributed by atoms with van der Waals surface area (Å²) in [7, 11) is 0. The number of halogens is 3. The third-order valence-electron chi connectivity index (χ3n) is 4.25. The van der Waals surface area contributed by atoms with Crippen LogP contribution in [0.15, 0.2) is 71.4 Å². The van der Waals surface area contributed by atoms with Crippen molar-refractivity contribution in [3.05, 3.63) is 71.9 Å². The van der Waals surface area contributed by atoms with E-state index in [0.717, 1.165) is 0 Å². The Morgan fingerprint density at radius 3 is 2.71 bits per heavy atom. The zero-order valence-corrected chi connectivity index (χ0v) is 19.2. The van der Waals surface area contributed by atoms with Gasteiger partial charge in [0.2, 0.25) is 0 Å². The van der Waals surface area contributed by atoms with Crippen LogP contribution in [0, 0.1) is 0 Å². The Morgan fingerprint density at radius 1 is 1.35 bits per heavy atom. The quantitative estimate of drug-likeness (QED) is 0.341. The third kappa shape index (κ3) is 8.35. The van der Waals surface area contributed by atoms with E-state index in [9.17, 15) is 22.8 Å². The molecule has 1 aromatic carbocycles. The Balaban J connectivity index is 2.05. The Labute approximate surface area is 199 Å². The lowest BCUT2D eigenvalue weighted by molar-refractivity contribution is -0.122. The van der Waals surface area contributed by atoms with Gasteiger partial charge in [-0.3, -0.25) is 9.79 Å². The third-order valence-corrected chi connectivity index (χ3v) is 4.88. The van der Waals surface area contributed by atoms with Crippen molar-refractivity contribution < 1.29 is 22.8 Å². The number of nitrogens with two attached hydrogens (primary N) is 1. The Morgan fingerprint density at radius 2 is 2.12 bits per heavy atom. The van der Waals surface area contributed by atoms with Crippen LogP contribution in [0.5, 0.6) is 0 Å². The fourth-order valence-corrected chi connectivity index (χ4v) is 3.32. The number of nitrogens with zero attached hydrogens (tertiary/aromatic N) is 2. The summed E-state index contributed by atoms with van der Waals surface area (Å²) in [5.41, 5.74) is 7.73. The van der Waals surface area contributed by atoms with Crippen LogP contribution in [-0.4, -0.2) is 47.8 Å². The molecule has 1 aliphatic heterocycles. The van der Waals surface area contributed by atoms with E-state index in [2.05, 4.69) is 22.2 Å². The molecule has 0 bridgehead atoms. The number of hydrogen-bond acceptors (Lipinski definition) is 6. The maximum absolute atomic E-state index is 12.5. The lowest BCUT2D eigenvalue weighted by atomic mass is 10.1. The van der Waals surface area contributed by atoms with E-state index in [1.54, 1.807) is 52.2 Å². The molecular weight excluding hydrogens is 469 g/mol. The van der Waals surface area contributed by atoms with Gasteiger partial charge in [-0.25, -0.2) is 4.79 Å². The second kappa shape index (κ2) is 12.5. The van der Waals surface area contributed by atoms with Crippen molar-refractivity contribution in [1.29, 1.82) is 0 Å². The molecule has 0 saturated heterocycles. The Bertz CT molecular complexity index is 1030. The summed E-state index contributed by atoms with van der Waals surface area (Å²) < 4.78 is 36.8. The molecule has 0 saturated carbocycles. The highest BCUT2D eigenvalue weighted by Crippen LogP contribution is 2.24. The molecule has 12 heteroatoms. The van der Waals surface area contributed by atoms with Gasteiger partial charge in [0.25, 0.3) is 5.91 Å². The second-order valence-corrected chi connectivity index (χ2v) is 7.66. The number of amidine groups is 1. The molecule has 0 aromatic heterocycles. The average Bonchev–Trinajstić information content (AvgIpc) is 2.79. The number of aliphatic imine (C=N–C) groups is 1. The molecular formula is C22H25F3N6O2S. The van der Waals surface area contributed by atoms with Crippen molar-refractivity contribution in [3.8, 4) is 0 Å². The van der Waals surface area contributed by atoms with Gasteiger partial charge in [-0.2, -0.15) is 13.2 Å². The predicted molar refractivity (Wildman–Crippen MR) is 130 cm³/mol. The van der Waals surface area contributed by atoms with Crippen LogP contribution in [0.3, 0.4) is 0 Å². The van der Waals surface area contributed by atoms with E-state index in [4.69, 9.17) is 5.73 Å². The smallest absolute Gasteiger partial charge is 0.403 e. The number of carbonyl (C=O) groups excluding carboxylic acids is 2. The molecule has 3 amide bonds. The predicted octanol–water partition coefficient (Wildman–Crippen LogP) is 3.75. The van der Waals surface area contributed by atoms with E-state index in [0.29, 0.717) is 35.1 Å². The summed E-state index contributed by atoms with van der Waals surface area (Å²) in [4.78, 5) is 30.2. The molecule has 182 valence electrons. The molecule has 0 radical (unpaired) electrons. The number of thioether (sulfide) groups is 1. The zero-order valence-electron chi connectivity index (χ0n) is 18.4. The van der Waals surface area contributed by atoms with Crippen LogP contribution in [-0.2, 0) is 4.79 Å². The van der Waals surface area contributed by atoms with Gasteiger partial charge in [-0.05, 0) is 30.5 Å². The first-order valence-electron chi connectivity index (χ1n) is 10.1. The summed E-state index contributed by atoms with van der Waals surface area (Å²) in [5.74, 6) is -0.313. The van der Waals surface area contributed by atoms with Crippen molar-refractivity contribution in [2.24, 2.45) is 10.7 Å². The number of anilines is 1. The lowest BCUT2D eigenvalue weighted by Crippen LogP contribution is -2.36. The summed E-state index contributed by atoms with van der Waals surface area (Å²) >= 11 is 1.21. The SMILES string of the molecule is C=CSC(=NCC)NC(=O)C1=CCN(/C(=C\N)c2cccc(NC(=O)NCC(F)(F)F)c2)C=C1. The molecule has 0 unspecified atom stereocenters. The van der Waals surface area contributed by atoms with Crippen LogP contribution in [0.1, 0.15) is 12.5 Å². The normalized spacial score (nSPS) is 14.4. The molecule has 0 spiro atoms. The van der Waals surface area contributed by atoms with Crippen LogP contribution in [0.25, 0.3) is 5.70 Å². The fraction of sp³-hybridized carbons (Fsp3) is 0.227. The van der Waals surface area contributed by atoms with Gasteiger partial charge in [0, 0.05) is 42.3 Å². The minimum Gasteiger partial charge on any atom is -0.403 e. The number of urea groups is 1. The molecule has 5 N–H and O–H groups in total. The highest BCUT2D eigenvalue weighted by Gasteiger charge is 2.27. The lowest BCUT2D eigenvalue weighted by Gasteiger charge is -2.25. The first-order chi connectivity index (χ1) is 16.2. The van der Waals surface area contributed by atoms with Gasteiger partial charge >= 0.3 is 12.2 Å². The second-order valence-electron chi connectivity index (χ2n) is 6.70. The molecule has 2 rings (SSSR count). The van der Waals surface area contributed by atoms with Crippen molar-refractivity contribution >= 4 is 40.3 Å². The molecule has 8 nitrogen and oxygen atoms in total. The molecule has 0 aliphatic carbocycles. The van der Waals surface area contributed by atoms with E-state index in [1.165, 1.54) is 24.0 Å². The van der Waals surface area contributed by atoms with Gasteiger partial charge in [0.15, 0.2) is 5.17 Å². The monoisotopic (exact) mass is 494 g/mol. The topological polar surface area (TPSA) is 112 Å². The van der Waals surface area contributed by atoms with Crippen LogP contribution in [0.4, 0.5) is 23.7 Å². The van der Waals surface area contributed by atoms with E-state index >= 15 is 0 Å². The number of nitrogens with one attached hydrogen (secondary N) is 3. The summed E-state index contributed by atoms with van der Waals surface area (Å²) in [6.45, 7) is 4.88. The average molecular weight is 495 g/mol. The van der Waals surface area contributed by atoms with Crippen molar-refractivity contribution in [3.63, 3.8) is 0 Å². The van der Waals surface area contributed by atoms with E-state index in [1.807, 2.05) is 6.92 Å². The maximum atomic E-state index is 12.5. The standard InChI is InChI=1S/C22H25F3N6O2S/c1-3-27-21(34-4-2)30-19(32)15-8-10-31(11-9-15)18(13-26)16-6-5-7-17(12-16)29-20(33)28-14-22(23,24)25/h4-10,12-13H,2-3,11,14,26H2,1H3,(H,27,30,32)(H2,28,29,33)/b18-13-. The van der Waals surface area contributed by atoms with E-state index in [-0.39, 0.29) is 11.6 Å². The Kier molecular flexibility index (Phi) is 9.80. The highest BCUT2D eigenvalue weighted by atomic mass is 32.2. The summed E-state index contributed by atoms with van der Waals surface area (Å²) in [6, 6.07) is 5.50. The minimum atomic E-state index is -4.51. The van der Waals surface area contributed by atoms with Crippen molar-refractivity contribution in [1.82, 2.24) is 15.5 Å². The molecule has 1 aliphatic rings. The maximum Gasteiger partial charge on any atom is 0.405 e. The number of carbonyl (C=O) groups is 2. The zero-order chi connectivity index (χ0) is 25.1. The van der Waals surface area contributed by atoms with Gasteiger partial charge in [-0.1, -0.05) is 36.5 Å². The molecule has 0 atom stereocenters. The number of amides is 3. The number of alkyl halides is 3. The van der Waals surface area contributed by atoms with Gasteiger partial charge in [0.05, 0.1) is 5.70 Å². The van der Waals surface area contributed by atoms with Gasteiger partial charge < -0.3 is 26.6 Å². The van der Waals surface area contributed by atoms with Crippen molar-refractivity contribution in [2.75, 3.05) is 25.0 Å². The number of benzene rings is 1. The van der Waals surface area contributed by atoms with Gasteiger partial charge in [0.1, 0.15) is 6.54 Å². The minimum absolute atomic E-state index is 0.288. The molecule has 0 fully saturated rings. The first-order valence-corrected chi connectivity index (χ1v) is 11.0. The number of hydrogen-bond donors (Lipinski definition) is 4. The van der Waals surface area contributed by atoms with Crippen LogP contribution >= 0.6 is 11.8 Å². The first kappa shape index (κ1) is 26.6.